The predicted molar refractivity (Wildman–Crippen MR) is 95.8 cm³/mol. The molecule has 0 spiro atoms. The molecule has 0 N–H and O–H groups in total. The van der Waals surface area contributed by atoms with Gasteiger partial charge in [0.05, 0.1) is 12.1 Å². The molecule has 0 fully saturated rings. The Hall–Kier alpha value is -1.06. The summed E-state index contributed by atoms with van der Waals surface area (Å²) in [6.07, 6.45) is 0. The normalized spacial score (nSPS) is 14.4. The fourth-order valence-corrected chi connectivity index (χ4v) is 3.10. The quantitative estimate of drug-likeness (QED) is 0.766. The first kappa shape index (κ1) is 17.3. The molecule has 0 bridgehead atoms. The van der Waals surface area contributed by atoms with Crippen molar-refractivity contribution in [3.05, 3.63) is 69.7 Å². The number of hydrogen-bond donors (Lipinski definition) is 0. The fraction of sp³-hybridized carbons (Fsp3) is 0.333. The molecule has 0 amide bonds. The minimum atomic E-state index is 0.216. The zero-order valence-corrected chi connectivity index (χ0v) is 14.9. The van der Waals surface area contributed by atoms with Crippen LogP contribution in [-0.4, -0.2) is 38.0 Å². The zero-order valence-electron chi connectivity index (χ0n) is 13.4. The van der Waals surface area contributed by atoms with Gasteiger partial charge in [0, 0.05) is 10.0 Å². The molecule has 0 aliphatic heterocycles. The maximum Gasteiger partial charge on any atom is 0.0540 e. The van der Waals surface area contributed by atoms with E-state index in [1.807, 2.05) is 24.3 Å². The average molecular weight is 337 g/mol. The second kappa shape index (κ2) is 7.47. The summed E-state index contributed by atoms with van der Waals surface area (Å²) < 4.78 is 0. The van der Waals surface area contributed by atoms with Crippen molar-refractivity contribution >= 4 is 23.2 Å². The van der Waals surface area contributed by atoms with Crippen LogP contribution in [0.25, 0.3) is 0 Å². The molecule has 2 rings (SSSR count). The SMILES string of the molecule is CN(C)C(c1ccc(Cl)cc1)C(c1ccc(Cl)cc1)N(C)C. The Balaban J connectivity index is 2.46. The number of nitrogens with zero attached hydrogens (tertiary/aromatic N) is 2. The van der Waals surface area contributed by atoms with E-state index in [9.17, 15) is 0 Å². The lowest BCUT2D eigenvalue weighted by Gasteiger charge is -2.37. The van der Waals surface area contributed by atoms with E-state index in [0.29, 0.717) is 0 Å². The van der Waals surface area contributed by atoms with Crippen LogP contribution in [0.15, 0.2) is 48.5 Å². The Kier molecular flexibility index (Phi) is 5.87. The van der Waals surface area contributed by atoms with Gasteiger partial charge in [0.1, 0.15) is 0 Å². The average Bonchev–Trinajstić information content (AvgIpc) is 2.46. The van der Waals surface area contributed by atoms with Crippen LogP contribution in [0.1, 0.15) is 23.2 Å². The second-order valence-corrected chi connectivity index (χ2v) is 6.79. The van der Waals surface area contributed by atoms with Crippen molar-refractivity contribution in [2.75, 3.05) is 28.2 Å². The van der Waals surface area contributed by atoms with E-state index in [4.69, 9.17) is 23.2 Å². The molecular weight excluding hydrogens is 315 g/mol. The number of benzene rings is 2. The van der Waals surface area contributed by atoms with Crippen LogP contribution in [0, 0.1) is 0 Å². The van der Waals surface area contributed by atoms with E-state index in [0.717, 1.165) is 10.0 Å². The summed E-state index contributed by atoms with van der Waals surface area (Å²) in [5, 5.41) is 1.52. The fourth-order valence-electron chi connectivity index (χ4n) is 2.85. The lowest BCUT2D eigenvalue weighted by molar-refractivity contribution is 0.152. The smallest absolute Gasteiger partial charge is 0.0540 e. The van der Waals surface area contributed by atoms with Gasteiger partial charge >= 0.3 is 0 Å². The Morgan fingerprint density at radius 1 is 0.591 bits per heavy atom. The van der Waals surface area contributed by atoms with Crippen LogP contribution in [0.5, 0.6) is 0 Å². The highest BCUT2D eigenvalue weighted by molar-refractivity contribution is 6.30. The zero-order chi connectivity index (χ0) is 16.3. The first-order valence-corrected chi connectivity index (χ1v) is 7.99. The summed E-state index contributed by atoms with van der Waals surface area (Å²) in [7, 11) is 8.41. The van der Waals surface area contributed by atoms with Gasteiger partial charge in [-0.15, -0.1) is 0 Å². The Bertz CT molecular complexity index is 536. The molecule has 2 aromatic carbocycles. The molecule has 22 heavy (non-hydrogen) atoms. The van der Waals surface area contributed by atoms with Gasteiger partial charge in [0.25, 0.3) is 0 Å². The first-order chi connectivity index (χ1) is 10.4. The monoisotopic (exact) mass is 336 g/mol. The van der Waals surface area contributed by atoms with E-state index in [-0.39, 0.29) is 12.1 Å². The number of hydrogen-bond acceptors (Lipinski definition) is 2. The van der Waals surface area contributed by atoms with Crippen LogP contribution in [0.2, 0.25) is 10.0 Å². The van der Waals surface area contributed by atoms with Crippen molar-refractivity contribution in [3.63, 3.8) is 0 Å². The summed E-state index contributed by atoms with van der Waals surface area (Å²) in [6.45, 7) is 0. The van der Waals surface area contributed by atoms with Crippen molar-refractivity contribution in [2.24, 2.45) is 0 Å². The topological polar surface area (TPSA) is 6.48 Å². The van der Waals surface area contributed by atoms with Gasteiger partial charge in [0.2, 0.25) is 0 Å². The van der Waals surface area contributed by atoms with E-state index >= 15 is 0 Å². The Labute approximate surface area is 143 Å². The molecule has 2 aromatic rings. The molecule has 0 saturated carbocycles. The van der Waals surface area contributed by atoms with Crippen LogP contribution in [0.3, 0.4) is 0 Å². The van der Waals surface area contributed by atoms with E-state index in [1.165, 1.54) is 11.1 Å². The molecular formula is C18H22Cl2N2. The predicted octanol–water partition coefficient (Wildman–Crippen LogP) is 4.90. The van der Waals surface area contributed by atoms with Crippen LogP contribution < -0.4 is 0 Å². The van der Waals surface area contributed by atoms with Crippen LogP contribution >= 0.6 is 23.2 Å². The molecule has 2 atom stereocenters. The third-order valence-corrected chi connectivity index (χ3v) is 4.34. The Morgan fingerprint density at radius 2 is 0.864 bits per heavy atom. The van der Waals surface area contributed by atoms with Gasteiger partial charge < -0.3 is 9.80 Å². The van der Waals surface area contributed by atoms with Gasteiger partial charge in [-0.25, -0.2) is 0 Å². The van der Waals surface area contributed by atoms with Crippen molar-refractivity contribution < 1.29 is 0 Å². The van der Waals surface area contributed by atoms with E-state index < -0.39 is 0 Å². The van der Waals surface area contributed by atoms with Crippen LogP contribution in [0.4, 0.5) is 0 Å². The first-order valence-electron chi connectivity index (χ1n) is 7.24. The lowest BCUT2D eigenvalue weighted by Crippen LogP contribution is -2.34. The van der Waals surface area contributed by atoms with Gasteiger partial charge in [-0.2, -0.15) is 0 Å². The maximum absolute atomic E-state index is 6.03. The second-order valence-electron chi connectivity index (χ2n) is 5.92. The Morgan fingerprint density at radius 3 is 1.09 bits per heavy atom. The molecule has 0 heterocycles. The van der Waals surface area contributed by atoms with Crippen molar-refractivity contribution in [2.45, 2.75) is 12.1 Å². The summed E-state index contributed by atoms with van der Waals surface area (Å²) >= 11 is 12.1. The third-order valence-electron chi connectivity index (χ3n) is 3.83. The molecule has 2 nitrogen and oxygen atoms in total. The summed E-state index contributed by atoms with van der Waals surface area (Å²) in [5.74, 6) is 0. The number of halogens is 2. The van der Waals surface area contributed by atoms with Gasteiger partial charge in [0.15, 0.2) is 0 Å². The molecule has 0 radical (unpaired) electrons. The number of rotatable bonds is 5. The summed E-state index contributed by atoms with van der Waals surface area (Å²) in [4.78, 5) is 4.48. The van der Waals surface area contributed by atoms with Gasteiger partial charge in [-0.05, 0) is 63.6 Å². The molecule has 2 unspecified atom stereocenters. The summed E-state index contributed by atoms with van der Waals surface area (Å²) in [6, 6.07) is 16.6. The van der Waals surface area contributed by atoms with Gasteiger partial charge in [-0.3, -0.25) is 0 Å². The third kappa shape index (κ3) is 4.02. The van der Waals surface area contributed by atoms with E-state index in [2.05, 4.69) is 62.3 Å². The number of likely N-dealkylation sites (N-methyl/N-ethyl adjacent to an activating group) is 2. The minimum absolute atomic E-state index is 0.216. The standard InChI is InChI=1S/C18H22Cl2N2/c1-21(2)17(13-5-9-15(19)10-6-13)18(22(3)4)14-7-11-16(20)12-8-14/h5-12,17-18H,1-4H3. The molecule has 0 aromatic heterocycles. The largest absolute Gasteiger partial charge is 0.301 e. The van der Waals surface area contributed by atoms with Crippen LogP contribution in [-0.2, 0) is 0 Å². The molecule has 4 heteroatoms. The highest BCUT2D eigenvalue weighted by Crippen LogP contribution is 2.36. The highest BCUT2D eigenvalue weighted by Gasteiger charge is 2.28. The molecule has 118 valence electrons. The molecule has 0 saturated heterocycles. The van der Waals surface area contributed by atoms with Crippen molar-refractivity contribution in [3.8, 4) is 0 Å². The maximum atomic E-state index is 6.03. The van der Waals surface area contributed by atoms with Crippen molar-refractivity contribution in [1.29, 1.82) is 0 Å². The van der Waals surface area contributed by atoms with Gasteiger partial charge in [-0.1, -0.05) is 47.5 Å². The highest BCUT2D eigenvalue weighted by atomic mass is 35.5. The minimum Gasteiger partial charge on any atom is -0.301 e. The lowest BCUT2D eigenvalue weighted by atomic mass is 9.91. The molecule has 0 aliphatic rings. The molecule has 0 aliphatic carbocycles. The van der Waals surface area contributed by atoms with E-state index in [1.54, 1.807) is 0 Å². The summed E-state index contributed by atoms with van der Waals surface area (Å²) in [5.41, 5.74) is 2.48. The van der Waals surface area contributed by atoms with Crippen molar-refractivity contribution in [1.82, 2.24) is 9.80 Å².